The maximum absolute atomic E-state index is 14.3. The van der Waals surface area contributed by atoms with E-state index >= 15 is 0 Å². The molecule has 0 unspecified atom stereocenters. The summed E-state index contributed by atoms with van der Waals surface area (Å²) in [6, 6.07) is 12.2. The van der Waals surface area contributed by atoms with E-state index in [0.29, 0.717) is 18.7 Å². The molecule has 8 nitrogen and oxygen atoms in total. The van der Waals surface area contributed by atoms with Crippen molar-refractivity contribution in [1.29, 1.82) is 0 Å². The van der Waals surface area contributed by atoms with E-state index in [1.807, 2.05) is 26.0 Å². The molecule has 0 spiro atoms. The highest BCUT2D eigenvalue weighted by molar-refractivity contribution is 7.92. The lowest BCUT2D eigenvalue weighted by Crippen LogP contribution is -2.49. The topological polar surface area (TPSA) is 96.0 Å². The molecule has 0 saturated carbocycles. The molecule has 2 amide bonds. The number of hydrogen-bond acceptors (Lipinski definition) is 5. The van der Waals surface area contributed by atoms with E-state index < -0.39 is 21.9 Å². The van der Waals surface area contributed by atoms with Gasteiger partial charge in [0.05, 0.1) is 19.1 Å². The van der Waals surface area contributed by atoms with Gasteiger partial charge in [0.15, 0.2) is 0 Å². The lowest BCUT2D eigenvalue weighted by molar-refractivity contribution is -0.141. The van der Waals surface area contributed by atoms with Crippen LogP contribution in [0.1, 0.15) is 45.1 Å². The third-order valence-electron chi connectivity index (χ3n) is 5.70. The van der Waals surface area contributed by atoms with Gasteiger partial charge >= 0.3 is 0 Å². The Kier molecular flexibility index (Phi) is 11.2. The monoisotopic (exact) mass is 521 g/mol. The summed E-state index contributed by atoms with van der Waals surface area (Å²) < 4.78 is 45.2. The van der Waals surface area contributed by atoms with Gasteiger partial charge in [-0.1, -0.05) is 38.1 Å². The standard InChI is InChI=1S/C26H36FN3O5S/c1-5-16-28-26(32)23(6-2)29(19-20-11-9-12-21(18-20)35-3)25(31)15-10-17-30(36(4,33)34)24-14-8-7-13-22(24)27/h7-9,11-14,18,23H,5-6,10,15-17,19H2,1-4H3,(H,28,32)/t23-/m1/s1. The zero-order chi connectivity index (χ0) is 26.7. The van der Waals surface area contributed by atoms with Gasteiger partial charge in [0.1, 0.15) is 17.6 Å². The second-order valence-corrected chi connectivity index (χ2v) is 10.4. The number of methoxy groups -OCH3 is 1. The van der Waals surface area contributed by atoms with E-state index in [2.05, 4.69) is 5.32 Å². The molecule has 198 valence electrons. The van der Waals surface area contributed by atoms with Gasteiger partial charge in [0.25, 0.3) is 0 Å². The largest absolute Gasteiger partial charge is 0.497 e. The lowest BCUT2D eigenvalue weighted by atomic mass is 10.1. The Morgan fingerprint density at radius 1 is 1.11 bits per heavy atom. The van der Waals surface area contributed by atoms with Crippen molar-refractivity contribution < 1.29 is 27.1 Å². The van der Waals surface area contributed by atoms with Crippen LogP contribution < -0.4 is 14.4 Å². The molecule has 0 heterocycles. The van der Waals surface area contributed by atoms with E-state index in [1.165, 1.54) is 23.1 Å². The van der Waals surface area contributed by atoms with Crippen LogP contribution in [0.4, 0.5) is 10.1 Å². The fourth-order valence-corrected chi connectivity index (χ4v) is 4.86. The van der Waals surface area contributed by atoms with Crippen molar-refractivity contribution in [2.45, 2.75) is 52.1 Å². The maximum Gasteiger partial charge on any atom is 0.242 e. The highest BCUT2D eigenvalue weighted by Crippen LogP contribution is 2.23. The first-order valence-electron chi connectivity index (χ1n) is 12.0. The number of nitrogens with one attached hydrogen (secondary N) is 1. The van der Waals surface area contributed by atoms with Crippen LogP contribution in [-0.2, 0) is 26.2 Å². The van der Waals surface area contributed by atoms with Crippen LogP contribution >= 0.6 is 0 Å². The van der Waals surface area contributed by atoms with Gasteiger partial charge in [0.2, 0.25) is 21.8 Å². The van der Waals surface area contributed by atoms with Crippen LogP contribution in [0.25, 0.3) is 0 Å². The molecule has 0 aliphatic carbocycles. The summed E-state index contributed by atoms with van der Waals surface area (Å²) in [6.07, 6.45) is 2.32. The van der Waals surface area contributed by atoms with Gasteiger partial charge in [0, 0.05) is 26.1 Å². The average molecular weight is 522 g/mol. The molecular weight excluding hydrogens is 485 g/mol. The molecule has 0 bridgehead atoms. The predicted molar refractivity (Wildman–Crippen MR) is 139 cm³/mol. The van der Waals surface area contributed by atoms with Gasteiger partial charge < -0.3 is 15.0 Å². The van der Waals surface area contributed by atoms with E-state index in [4.69, 9.17) is 4.74 Å². The fraction of sp³-hybridized carbons (Fsp3) is 0.462. The van der Waals surface area contributed by atoms with Gasteiger partial charge in [-0.15, -0.1) is 0 Å². The summed E-state index contributed by atoms with van der Waals surface area (Å²) in [5, 5.41) is 2.86. The van der Waals surface area contributed by atoms with Crippen LogP contribution in [0.3, 0.4) is 0 Å². The highest BCUT2D eigenvalue weighted by Gasteiger charge is 2.29. The Balaban J connectivity index is 2.23. The second-order valence-electron chi connectivity index (χ2n) is 8.48. The normalized spacial score (nSPS) is 12.0. The van der Waals surface area contributed by atoms with Crippen molar-refractivity contribution in [3.8, 4) is 5.75 Å². The van der Waals surface area contributed by atoms with Crippen molar-refractivity contribution in [3.63, 3.8) is 0 Å². The van der Waals surface area contributed by atoms with Crippen LogP contribution in [0.5, 0.6) is 5.75 Å². The molecule has 0 radical (unpaired) electrons. The number of nitrogens with zero attached hydrogens (tertiary/aromatic N) is 2. The quantitative estimate of drug-likeness (QED) is 0.409. The SMILES string of the molecule is CCCNC(=O)[C@@H](CC)N(Cc1cccc(OC)c1)C(=O)CCCN(c1ccccc1F)S(C)(=O)=O. The maximum atomic E-state index is 14.3. The van der Waals surface area contributed by atoms with Crippen LogP contribution in [-0.4, -0.2) is 57.6 Å². The Morgan fingerprint density at radius 2 is 1.83 bits per heavy atom. The fourth-order valence-electron chi connectivity index (χ4n) is 3.89. The summed E-state index contributed by atoms with van der Waals surface area (Å²) in [7, 11) is -2.22. The molecule has 2 rings (SSSR count). The number of halogens is 1. The van der Waals surface area contributed by atoms with Crippen molar-refractivity contribution in [2.75, 3.05) is 30.8 Å². The van der Waals surface area contributed by atoms with Crippen molar-refractivity contribution >= 4 is 27.5 Å². The van der Waals surface area contributed by atoms with Crippen LogP contribution in [0.15, 0.2) is 48.5 Å². The minimum atomic E-state index is -3.77. The molecule has 0 fully saturated rings. The molecule has 1 N–H and O–H groups in total. The number of rotatable bonds is 14. The molecule has 0 aliphatic heterocycles. The summed E-state index contributed by atoms with van der Waals surface area (Å²) in [4.78, 5) is 27.8. The average Bonchev–Trinajstić information content (AvgIpc) is 2.85. The number of ether oxygens (including phenoxy) is 1. The number of sulfonamides is 1. The van der Waals surface area contributed by atoms with Gasteiger partial charge in [-0.2, -0.15) is 0 Å². The van der Waals surface area contributed by atoms with Crippen LogP contribution in [0, 0.1) is 5.82 Å². The first-order valence-corrected chi connectivity index (χ1v) is 13.9. The molecule has 2 aromatic carbocycles. The van der Waals surface area contributed by atoms with Crippen molar-refractivity contribution in [3.05, 3.63) is 59.9 Å². The van der Waals surface area contributed by atoms with Gasteiger partial charge in [-0.3, -0.25) is 13.9 Å². The first kappa shape index (κ1) is 29.1. The lowest BCUT2D eigenvalue weighted by Gasteiger charge is -2.31. The minimum Gasteiger partial charge on any atom is -0.497 e. The Hall–Kier alpha value is -3.14. The third kappa shape index (κ3) is 8.22. The molecule has 0 saturated heterocycles. The molecule has 36 heavy (non-hydrogen) atoms. The first-order chi connectivity index (χ1) is 17.1. The number of carbonyl (C=O) groups is 2. The molecule has 0 aliphatic rings. The summed E-state index contributed by atoms with van der Waals surface area (Å²) in [5.41, 5.74) is 0.736. The minimum absolute atomic E-state index is 0.0119. The Labute approximate surface area is 213 Å². The zero-order valence-electron chi connectivity index (χ0n) is 21.4. The van der Waals surface area contributed by atoms with Crippen LogP contribution in [0.2, 0.25) is 0 Å². The number of amides is 2. The summed E-state index contributed by atoms with van der Waals surface area (Å²) in [6.45, 7) is 4.41. The van der Waals surface area contributed by atoms with E-state index in [1.54, 1.807) is 25.3 Å². The summed E-state index contributed by atoms with van der Waals surface area (Å²) in [5.74, 6) is -0.553. The van der Waals surface area contributed by atoms with E-state index in [-0.39, 0.29) is 43.4 Å². The zero-order valence-corrected chi connectivity index (χ0v) is 22.2. The molecule has 1 atom stereocenters. The third-order valence-corrected chi connectivity index (χ3v) is 6.88. The molecule has 0 aromatic heterocycles. The van der Waals surface area contributed by atoms with Crippen molar-refractivity contribution in [1.82, 2.24) is 10.2 Å². The number of benzene rings is 2. The van der Waals surface area contributed by atoms with E-state index in [9.17, 15) is 22.4 Å². The number of hydrogen-bond donors (Lipinski definition) is 1. The number of carbonyl (C=O) groups excluding carboxylic acids is 2. The van der Waals surface area contributed by atoms with Gasteiger partial charge in [-0.05, 0) is 49.1 Å². The van der Waals surface area contributed by atoms with Gasteiger partial charge in [-0.25, -0.2) is 12.8 Å². The Morgan fingerprint density at radius 3 is 2.44 bits per heavy atom. The highest BCUT2D eigenvalue weighted by atomic mass is 32.2. The summed E-state index contributed by atoms with van der Waals surface area (Å²) >= 11 is 0. The Bertz CT molecular complexity index is 1130. The number of para-hydroxylation sites is 1. The molecule has 2 aromatic rings. The second kappa shape index (κ2) is 13.8. The molecular formula is C26H36FN3O5S. The number of anilines is 1. The molecule has 10 heteroatoms. The van der Waals surface area contributed by atoms with E-state index in [0.717, 1.165) is 22.5 Å². The van der Waals surface area contributed by atoms with Crippen molar-refractivity contribution in [2.24, 2.45) is 0 Å². The predicted octanol–water partition coefficient (Wildman–Crippen LogP) is 3.71. The smallest absolute Gasteiger partial charge is 0.242 e.